The minimum absolute atomic E-state index is 0.0743. The molecule has 6 nitrogen and oxygen atoms in total. The molecule has 122 valence electrons. The van der Waals surface area contributed by atoms with Crippen LogP contribution in [0.25, 0.3) is 0 Å². The van der Waals surface area contributed by atoms with Gasteiger partial charge < -0.3 is 5.32 Å². The molecule has 1 fully saturated rings. The Hall–Kier alpha value is -1.44. The molecule has 1 aromatic rings. The van der Waals surface area contributed by atoms with Crippen LogP contribution < -0.4 is 5.32 Å². The maximum atomic E-state index is 12.0. The summed E-state index contributed by atoms with van der Waals surface area (Å²) in [5.41, 5.74) is 1.78. The number of nitrogens with one attached hydrogen (secondary N) is 1. The van der Waals surface area contributed by atoms with Crippen LogP contribution in [0, 0.1) is 6.92 Å². The van der Waals surface area contributed by atoms with E-state index in [2.05, 4.69) is 10.2 Å². The van der Waals surface area contributed by atoms with Gasteiger partial charge in [0.2, 0.25) is 10.0 Å². The molecule has 0 radical (unpaired) electrons. The first-order valence-corrected chi connectivity index (χ1v) is 9.23. The third-order valence-electron chi connectivity index (χ3n) is 3.83. The Morgan fingerprint density at radius 1 is 1.14 bits per heavy atom. The molecular weight excluding hydrogens is 302 g/mol. The average molecular weight is 325 g/mol. The number of amides is 1. The minimum Gasteiger partial charge on any atom is -0.351 e. The number of piperazine rings is 1. The lowest BCUT2D eigenvalue weighted by Gasteiger charge is -2.33. The SMILES string of the molecule is Cc1ccc(C(=O)NCCN2CCN(S(C)(=O)=O)CC2)cc1. The Morgan fingerprint density at radius 3 is 2.27 bits per heavy atom. The highest BCUT2D eigenvalue weighted by molar-refractivity contribution is 7.88. The van der Waals surface area contributed by atoms with Crippen LogP contribution >= 0.6 is 0 Å². The zero-order valence-corrected chi connectivity index (χ0v) is 13.9. The third-order valence-corrected chi connectivity index (χ3v) is 5.13. The summed E-state index contributed by atoms with van der Waals surface area (Å²) in [7, 11) is -3.09. The molecule has 0 aromatic heterocycles. The molecule has 0 unspecified atom stereocenters. The maximum Gasteiger partial charge on any atom is 0.251 e. The van der Waals surface area contributed by atoms with Gasteiger partial charge in [-0.2, -0.15) is 4.31 Å². The second kappa shape index (κ2) is 7.21. The van der Waals surface area contributed by atoms with E-state index in [4.69, 9.17) is 0 Å². The summed E-state index contributed by atoms with van der Waals surface area (Å²) in [6.07, 6.45) is 1.24. The normalized spacial score (nSPS) is 17.4. The van der Waals surface area contributed by atoms with Gasteiger partial charge in [0, 0.05) is 44.8 Å². The molecule has 1 N–H and O–H groups in total. The van der Waals surface area contributed by atoms with Crippen molar-refractivity contribution in [3.63, 3.8) is 0 Å². The van der Waals surface area contributed by atoms with Crippen LogP contribution in [0.2, 0.25) is 0 Å². The van der Waals surface area contributed by atoms with Crippen molar-refractivity contribution in [2.45, 2.75) is 6.92 Å². The van der Waals surface area contributed by atoms with E-state index in [1.807, 2.05) is 31.2 Å². The van der Waals surface area contributed by atoms with Crippen molar-refractivity contribution in [3.05, 3.63) is 35.4 Å². The highest BCUT2D eigenvalue weighted by Gasteiger charge is 2.22. The van der Waals surface area contributed by atoms with Gasteiger partial charge >= 0.3 is 0 Å². The standard InChI is InChI=1S/C15H23N3O3S/c1-13-3-5-14(6-4-13)15(19)16-7-8-17-9-11-18(12-10-17)22(2,20)21/h3-6H,7-12H2,1-2H3,(H,16,19). The number of benzene rings is 1. The number of sulfonamides is 1. The predicted molar refractivity (Wildman–Crippen MR) is 86.4 cm³/mol. The van der Waals surface area contributed by atoms with Crippen LogP contribution in [0.3, 0.4) is 0 Å². The molecule has 0 saturated carbocycles. The Kier molecular flexibility index (Phi) is 5.55. The number of hydrogen-bond donors (Lipinski definition) is 1. The Labute approximate surface area is 132 Å². The minimum atomic E-state index is -3.09. The highest BCUT2D eigenvalue weighted by atomic mass is 32.2. The van der Waals surface area contributed by atoms with E-state index >= 15 is 0 Å². The van der Waals surface area contributed by atoms with E-state index in [0.29, 0.717) is 38.3 Å². The van der Waals surface area contributed by atoms with Crippen molar-refractivity contribution in [1.82, 2.24) is 14.5 Å². The molecule has 2 rings (SSSR count). The maximum absolute atomic E-state index is 12.0. The topological polar surface area (TPSA) is 69.7 Å². The van der Waals surface area contributed by atoms with Crippen molar-refractivity contribution in [2.75, 3.05) is 45.5 Å². The van der Waals surface area contributed by atoms with Gasteiger partial charge in [0.05, 0.1) is 6.26 Å². The fraction of sp³-hybridized carbons (Fsp3) is 0.533. The fourth-order valence-corrected chi connectivity index (χ4v) is 3.25. The Morgan fingerprint density at radius 2 is 1.73 bits per heavy atom. The molecular formula is C15H23N3O3S. The molecule has 1 aliphatic rings. The second-order valence-corrected chi connectivity index (χ2v) is 7.61. The quantitative estimate of drug-likeness (QED) is 0.845. The van der Waals surface area contributed by atoms with E-state index in [9.17, 15) is 13.2 Å². The molecule has 0 aliphatic carbocycles. The van der Waals surface area contributed by atoms with Gasteiger partial charge in [-0.1, -0.05) is 17.7 Å². The van der Waals surface area contributed by atoms with Crippen molar-refractivity contribution < 1.29 is 13.2 Å². The van der Waals surface area contributed by atoms with Crippen LogP contribution in [0.1, 0.15) is 15.9 Å². The summed E-state index contributed by atoms with van der Waals surface area (Å²) >= 11 is 0. The van der Waals surface area contributed by atoms with E-state index < -0.39 is 10.0 Å². The first kappa shape index (κ1) is 16.9. The van der Waals surface area contributed by atoms with Crippen LogP contribution in [-0.4, -0.2) is 69.1 Å². The average Bonchev–Trinajstić information content (AvgIpc) is 2.47. The first-order valence-electron chi connectivity index (χ1n) is 7.38. The summed E-state index contributed by atoms with van der Waals surface area (Å²) in [6.45, 7) is 5.72. The number of nitrogens with zero attached hydrogens (tertiary/aromatic N) is 2. The molecule has 0 bridgehead atoms. The molecule has 7 heteroatoms. The largest absolute Gasteiger partial charge is 0.351 e. The molecule has 1 saturated heterocycles. The van der Waals surface area contributed by atoms with Gasteiger partial charge in [0.15, 0.2) is 0 Å². The summed E-state index contributed by atoms with van der Waals surface area (Å²) in [5.74, 6) is -0.0743. The van der Waals surface area contributed by atoms with Crippen molar-refractivity contribution in [1.29, 1.82) is 0 Å². The Bertz CT molecular complexity index is 605. The fourth-order valence-electron chi connectivity index (χ4n) is 2.42. The smallest absolute Gasteiger partial charge is 0.251 e. The van der Waals surface area contributed by atoms with Gasteiger partial charge in [0.25, 0.3) is 5.91 Å². The lowest BCUT2D eigenvalue weighted by atomic mass is 10.1. The molecule has 1 aromatic carbocycles. The zero-order valence-electron chi connectivity index (χ0n) is 13.1. The van der Waals surface area contributed by atoms with Gasteiger partial charge in [-0.05, 0) is 19.1 Å². The third kappa shape index (κ3) is 4.79. The van der Waals surface area contributed by atoms with Gasteiger partial charge in [-0.3, -0.25) is 9.69 Å². The lowest BCUT2D eigenvalue weighted by Crippen LogP contribution is -2.49. The predicted octanol–water partition coefficient (Wildman–Crippen LogP) is 0.302. The molecule has 1 aliphatic heterocycles. The summed E-state index contributed by atoms with van der Waals surface area (Å²) < 4.78 is 24.3. The molecule has 1 heterocycles. The number of carbonyl (C=O) groups excluding carboxylic acids is 1. The first-order chi connectivity index (χ1) is 10.4. The van der Waals surface area contributed by atoms with Crippen LogP contribution in [0.15, 0.2) is 24.3 Å². The number of rotatable bonds is 5. The zero-order chi connectivity index (χ0) is 16.2. The van der Waals surface area contributed by atoms with Crippen LogP contribution in [0.4, 0.5) is 0 Å². The number of hydrogen-bond acceptors (Lipinski definition) is 4. The van der Waals surface area contributed by atoms with E-state index in [1.54, 1.807) is 0 Å². The molecule has 1 amide bonds. The van der Waals surface area contributed by atoms with Crippen molar-refractivity contribution in [3.8, 4) is 0 Å². The van der Waals surface area contributed by atoms with Crippen molar-refractivity contribution in [2.24, 2.45) is 0 Å². The van der Waals surface area contributed by atoms with Crippen LogP contribution in [-0.2, 0) is 10.0 Å². The number of aryl methyl sites for hydroxylation is 1. The van der Waals surface area contributed by atoms with Gasteiger partial charge in [-0.15, -0.1) is 0 Å². The van der Waals surface area contributed by atoms with E-state index in [0.717, 1.165) is 12.1 Å². The molecule has 22 heavy (non-hydrogen) atoms. The van der Waals surface area contributed by atoms with E-state index in [-0.39, 0.29) is 5.91 Å². The molecule has 0 atom stereocenters. The van der Waals surface area contributed by atoms with Gasteiger partial charge in [-0.25, -0.2) is 8.42 Å². The number of carbonyl (C=O) groups is 1. The summed E-state index contributed by atoms with van der Waals surface area (Å²) in [6, 6.07) is 7.46. The monoisotopic (exact) mass is 325 g/mol. The van der Waals surface area contributed by atoms with Crippen LogP contribution in [0.5, 0.6) is 0 Å². The lowest BCUT2D eigenvalue weighted by molar-refractivity contribution is 0.0945. The second-order valence-electron chi connectivity index (χ2n) is 5.63. The van der Waals surface area contributed by atoms with E-state index in [1.165, 1.54) is 10.6 Å². The Balaban J connectivity index is 1.71. The summed E-state index contributed by atoms with van der Waals surface area (Å²) in [5, 5.41) is 2.89. The highest BCUT2D eigenvalue weighted by Crippen LogP contribution is 2.06. The van der Waals surface area contributed by atoms with Gasteiger partial charge in [0.1, 0.15) is 0 Å². The molecule has 0 spiro atoms. The summed E-state index contributed by atoms with van der Waals surface area (Å²) in [4.78, 5) is 14.1. The van der Waals surface area contributed by atoms with Crippen molar-refractivity contribution >= 4 is 15.9 Å².